The summed E-state index contributed by atoms with van der Waals surface area (Å²) in [4.78, 5) is 5.51. The number of aromatic nitrogens is 1. The fraction of sp³-hybridized carbons (Fsp3) is 0.438. The van der Waals surface area contributed by atoms with Crippen molar-refractivity contribution in [3.05, 3.63) is 52.0 Å². The summed E-state index contributed by atoms with van der Waals surface area (Å²) >= 11 is 1.73. The van der Waals surface area contributed by atoms with Crippen LogP contribution in [-0.2, 0) is 11.2 Å². The molecule has 1 aromatic heterocycles. The number of benzene rings is 1. The fourth-order valence-corrected chi connectivity index (χ4v) is 2.94. The molecule has 0 aliphatic heterocycles. The van der Waals surface area contributed by atoms with Crippen molar-refractivity contribution in [3.8, 4) is 0 Å². The van der Waals surface area contributed by atoms with E-state index >= 15 is 0 Å². The van der Waals surface area contributed by atoms with Gasteiger partial charge >= 0.3 is 0 Å². The van der Waals surface area contributed by atoms with Crippen LogP contribution in [0.3, 0.4) is 0 Å². The minimum atomic E-state index is 0.479. The van der Waals surface area contributed by atoms with Gasteiger partial charge in [-0.05, 0) is 18.9 Å². The Morgan fingerprint density at radius 3 is 3.00 bits per heavy atom. The zero-order valence-electron chi connectivity index (χ0n) is 12.1. The van der Waals surface area contributed by atoms with E-state index in [1.54, 1.807) is 18.4 Å². The molecule has 1 N–H and O–H groups in total. The third kappa shape index (κ3) is 4.71. The normalized spacial score (nSPS) is 12.5. The number of ether oxygens (including phenoxy) is 1. The van der Waals surface area contributed by atoms with Gasteiger partial charge in [-0.2, -0.15) is 0 Å². The van der Waals surface area contributed by atoms with Gasteiger partial charge in [0.1, 0.15) is 0 Å². The molecule has 1 atom stereocenters. The van der Waals surface area contributed by atoms with Crippen molar-refractivity contribution in [2.75, 3.05) is 26.8 Å². The highest BCUT2D eigenvalue weighted by molar-refractivity contribution is 7.09. The second-order valence-corrected chi connectivity index (χ2v) is 5.95. The van der Waals surface area contributed by atoms with Crippen molar-refractivity contribution in [1.82, 2.24) is 10.3 Å². The van der Waals surface area contributed by atoms with Crippen molar-refractivity contribution in [3.63, 3.8) is 0 Å². The first kappa shape index (κ1) is 15.2. The summed E-state index contributed by atoms with van der Waals surface area (Å²) in [6.45, 7) is 4.75. The summed E-state index contributed by atoms with van der Waals surface area (Å²) in [6, 6.07) is 8.78. The topological polar surface area (TPSA) is 34.1 Å². The molecule has 3 nitrogen and oxygen atoms in total. The van der Waals surface area contributed by atoms with Crippen LogP contribution in [0.25, 0.3) is 0 Å². The number of nitrogens with one attached hydrogen (secondary N) is 1. The van der Waals surface area contributed by atoms with Gasteiger partial charge in [0.25, 0.3) is 0 Å². The van der Waals surface area contributed by atoms with E-state index in [2.05, 4.69) is 41.5 Å². The molecule has 2 rings (SSSR count). The van der Waals surface area contributed by atoms with Gasteiger partial charge in [0.2, 0.25) is 0 Å². The molecule has 0 bridgehead atoms. The second-order valence-electron chi connectivity index (χ2n) is 4.98. The molecular formula is C16H22N2OS. The fourth-order valence-electron chi connectivity index (χ4n) is 2.27. The zero-order chi connectivity index (χ0) is 14.2. The molecule has 0 aliphatic carbocycles. The summed E-state index contributed by atoms with van der Waals surface area (Å²) < 4.78 is 5.08. The quantitative estimate of drug-likeness (QED) is 0.759. The highest BCUT2D eigenvalue weighted by atomic mass is 32.1. The summed E-state index contributed by atoms with van der Waals surface area (Å²) in [5, 5.41) is 3.48. The van der Waals surface area contributed by atoms with Crippen molar-refractivity contribution in [1.29, 1.82) is 0 Å². The third-order valence-corrected chi connectivity index (χ3v) is 4.12. The van der Waals surface area contributed by atoms with Gasteiger partial charge < -0.3 is 10.1 Å². The first-order valence-corrected chi connectivity index (χ1v) is 7.81. The number of nitrogens with zero attached hydrogens (tertiary/aromatic N) is 1. The minimum Gasteiger partial charge on any atom is -0.383 e. The number of thiazole rings is 1. The molecule has 0 fully saturated rings. The Hall–Kier alpha value is -1.23. The van der Waals surface area contributed by atoms with Crippen LogP contribution in [0.15, 0.2) is 36.0 Å². The van der Waals surface area contributed by atoms with Crippen LogP contribution in [0, 0.1) is 6.92 Å². The molecule has 108 valence electrons. The smallest absolute Gasteiger partial charge is 0.0794 e. The predicted octanol–water partition coefficient (Wildman–Crippen LogP) is 3.01. The third-order valence-electron chi connectivity index (χ3n) is 3.32. The van der Waals surface area contributed by atoms with Gasteiger partial charge in [0.15, 0.2) is 0 Å². The zero-order valence-corrected chi connectivity index (χ0v) is 13.0. The van der Waals surface area contributed by atoms with Crippen LogP contribution >= 0.6 is 11.3 Å². The molecule has 0 amide bonds. The van der Waals surface area contributed by atoms with Gasteiger partial charge in [-0.1, -0.05) is 29.8 Å². The molecule has 20 heavy (non-hydrogen) atoms. The number of rotatable bonds is 8. The van der Waals surface area contributed by atoms with Gasteiger partial charge in [-0.25, -0.2) is 0 Å². The number of aryl methyl sites for hydroxylation is 1. The molecule has 0 saturated heterocycles. The molecule has 0 saturated carbocycles. The molecule has 0 spiro atoms. The average molecular weight is 290 g/mol. The standard InChI is InChI=1S/C16H22N2OS/c1-13-4-3-5-14(8-13)15(10-17-6-7-19-2)9-16-11-18-12-20-16/h3-5,8,11-12,15,17H,6-7,9-10H2,1-2H3. The van der Waals surface area contributed by atoms with E-state index < -0.39 is 0 Å². The van der Waals surface area contributed by atoms with Crippen LogP contribution in [-0.4, -0.2) is 31.8 Å². The molecule has 1 aromatic carbocycles. The SMILES string of the molecule is COCCNCC(Cc1cncs1)c1cccc(C)c1. The molecule has 1 unspecified atom stereocenters. The van der Waals surface area contributed by atoms with E-state index in [4.69, 9.17) is 4.74 Å². The van der Waals surface area contributed by atoms with Gasteiger partial charge in [-0.3, -0.25) is 4.98 Å². The summed E-state index contributed by atoms with van der Waals surface area (Å²) in [5.74, 6) is 0.479. The Balaban J connectivity index is 2.03. The van der Waals surface area contributed by atoms with E-state index in [0.29, 0.717) is 5.92 Å². The van der Waals surface area contributed by atoms with Crippen LogP contribution in [0.1, 0.15) is 21.9 Å². The Bertz CT molecular complexity index is 499. The van der Waals surface area contributed by atoms with E-state index in [0.717, 1.165) is 26.1 Å². The van der Waals surface area contributed by atoms with Gasteiger partial charge in [0.05, 0.1) is 12.1 Å². The van der Waals surface area contributed by atoms with Crippen LogP contribution in [0.2, 0.25) is 0 Å². The van der Waals surface area contributed by atoms with Gasteiger partial charge in [0, 0.05) is 37.2 Å². The maximum Gasteiger partial charge on any atom is 0.0794 e. The van der Waals surface area contributed by atoms with Crippen molar-refractivity contribution in [2.24, 2.45) is 0 Å². The van der Waals surface area contributed by atoms with Gasteiger partial charge in [-0.15, -0.1) is 11.3 Å². The monoisotopic (exact) mass is 290 g/mol. The Morgan fingerprint density at radius 1 is 1.40 bits per heavy atom. The highest BCUT2D eigenvalue weighted by Gasteiger charge is 2.13. The van der Waals surface area contributed by atoms with E-state index in [1.807, 2.05) is 11.7 Å². The first-order valence-electron chi connectivity index (χ1n) is 6.93. The lowest BCUT2D eigenvalue weighted by Crippen LogP contribution is -2.26. The maximum absolute atomic E-state index is 5.08. The van der Waals surface area contributed by atoms with Crippen LogP contribution in [0.4, 0.5) is 0 Å². The van der Waals surface area contributed by atoms with E-state index in [-0.39, 0.29) is 0 Å². The highest BCUT2D eigenvalue weighted by Crippen LogP contribution is 2.23. The van der Waals surface area contributed by atoms with E-state index in [1.165, 1.54) is 16.0 Å². The summed E-state index contributed by atoms with van der Waals surface area (Å²) in [5.41, 5.74) is 4.61. The average Bonchev–Trinajstić information content (AvgIpc) is 2.95. The van der Waals surface area contributed by atoms with Crippen molar-refractivity contribution in [2.45, 2.75) is 19.3 Å². The Kier molecular flexibility index (Phi) is 6.18. The lowest BCUT2D eigenvalue weighted by molar-refractivity contribution is 0.199. The molecular weight excluding hydrogens is 268 g/mol. The summed E-state index contributed by atoms with van der Waals surface area (Å²) in [6.07, 6.45) is 3.01. The van der Waals surface area contributed by atoms with Crippen molar-refractivity contribution < 1.29 is 4.74 Å². The molecule has 0 aliphatic rings. The minimum absolute atomic E-state index is 0.479. The number of hydrogen-bond donors (Lipinski definition) is 1. The van der Waals surface area contributed by atoms with E-state index in [9.17, 15) is 0 Å². The number of methoxy groups -OCH3 is 1. The summed E-state index contributed by atoms with van der Waals surface area (Å²) in [7, 11) is 1.73. The maximum atomic E-state index is 5.08. The second kappa shape index (κ2) is 8.15. The lowest BCUT2D eigenvalue weighted by atomic mass is 9.94. The molecule has 1 heterocycles. The Morgan fingerprint density at radius 2 is 2.30 bits per heavy atom. The molecule has 2 aromatic rings. The predicted molar refractivity (Wildman–Crippen MR) is 84.5 cm³/mol. The lowest BCUT2D eigenvalue weighted by Gasteiger charge is -2.18. The molecule has 0 radical (unpaired) electrons. The molecule has 4 heteroatoms. The first-order chi connectivity index (χ1) is 9.79. The Labute approximate surface area is 125 Å². The van der Waals surface area contributed by atoms with Crippen LogP contribution in [0.5, 0.6) is 0 Å². The number of hydrogen-bond acceptors (Lipinski definition) is 4. The van der Waals surface area contributed by atoms with Crippen LogP contribution < -0.4 is 5.32 Å². The largest absolute Gasteiger partial charge is 0.383 e. The van der Waals surface area contributed by atoms with Crippen molar-refractivity contribution >= 4 is 11.3 Å².